The lowest BCUT2D eigenvalue weighted by Gasteiger charge is -2.33. The summed E-state index contributed by atoms with van der Waals surface area (Å²) < 4.78 is 12.4. The molecule has 1 saturated heterocycles. The van der Waals surface area contributed by atoms with Gasteiger partial charge in [0.1, 0.15) is 0 Å². The second-order valence-electron chi connectivity index (χ2n) is 5.64. The van der Waals surface area contributed by atoms with E-state index in [2.05, 4.69) is 0 Å². The smallest absolute Gasteiger partial charge is 0.258 e. The first-order chi connectivity index (χ1) is 8.09. The fourth-order valence-electron chi connectivity index (χ4n) is 3.21. The molecule has 1 aliphatic carbocycles. The maximum atomic E-state index is 12.4. The zero-order valence-electron chi connectivity index (χ0n) is 10.5. The Labute approximate surface area is 103 Å². The van der Waals surface area contributed by atoms with Crippen LogP contribution in [0.3, 0.4) is 0 Å². The van der Waals surface area contributed by atoms with Crippen LogP contribution in [0.1, 0.15) is 44.9 Å². The summed E-state index contributed by atoms with van der Waals surface area (Å²) in [5.41, 5.74) is -0.356. The molecule has 5 heteroatoms. The summed E-state index contributed by atoms with van der Waals surface area (Å²) in [6, 6.07) is 0. The molecule has 3 atom stereocenters. The van der Waals surface area contributed by atoms with Crippen LogP contribution in [0.5, 0.6) is 0 Å². The number of hydrogen-bond acceptors (Lipinski definition) is 2. The van der Waals surface area contributed by atoms with Crippen molar-refractivity contribution in [3.63, 3.8) is 0 Å². The Morgan fingerprint density at radius 1 is 1.06 bits per heavy atom. The number of hydrogen-bond donors (Lipinski definition) is 3. The molecule has 1 heterocycles. The van der Waals surface area contributed by atoms with Gasteiger partial charge in [-0.05, 0) is 32.1 Å². The maximum Gasteiger partial charge on any atom is 0.258 e. The van der Waals surface area contributed by atoms with Crippen LogP contribution < -0.4 is 4.90 Å². The van der Waals surface area contributed by atoms with Crippen molar-refractivity contribution < 1.29 is 19.5 Å². The van der Waals surface area contributed by atoms with E-state index in [0.717, 1.165) is 32.4 Å². The molecule has 2 aliphatic rings. The average molecular weight is 262 g/mol. The van der Waals surface area contributed by atoms with Crippen LogP contribution in [-0.2, 0) is 4.57 Å². The lowest BCUT2D eigenvalue weighted by molar-refractivity contribution is -0.893. The van der Waals surface area contributed by atoms with Crippen molar-refractivity contribution in [3.8, 4) is 0 Å². The van der Waals surface area contributed by atoms with Crippen molar-refractivity contribution in [1.29, 1.82) is 0 Å². The molecule has 0 bridgehead atoms. The Morgan fingerprint density at radius 2 is 1.71 bits per heavy atom. The van der Waals surface area contributed by atoms with Crippen molar-refractivity contribution in [2.45, 2.75) is 56.7 Å². The molecule has 0 spiro atoms. The Hall–Kier alpha value is 0.110. The van der Waals surface area contributed by atoms with Gasteiger partial charge in [-0.1, -0.05) is 12.8 Å². The van der Waals surface area contributed by atoms with E-state index in [1.165, 1.54) is 24.2 Å². The van der Waals surface area contributed by atoms with Crippen molar-refractivity contribution in [2.24, 2.45) is 0 Å². The fraction of sp³-hybridized carbons (Fsp3) is 1.00. The maximum absolute atomic E-state index is 12.4. The highest BCUT2D eigenvalue weighted by molar-refractivity contribution is 7.58. The number of piperidine rings is 1. The Kier molecular flexibility index (Phi) is 4.65. The van der Waals surface area contributed by atoms with E-state index in [1.54, 1.807) is 0 Å². The quantitative estimate of drug-likeness (QED) is 0.652. The molecule has 0 radical (unpaired) electrons. The normalized spacial score (nSPS) is 35.4. The van der Waals surface area contributed by atoms with Gasteiger partial charge in [0.2, 0.25) is 0 Å². The number of aliphatic hydroxyl groups is 1. The fourth-order valence-corrected chi connectivity index (χ4v) is 5.67. The van der Waals surface area contributed by atoms with Gasteiger partial charge in [0, 0.05) is 0 Å². The van der Waals surface area contributed by atoms with Crippen LogP contribution in [0.15, 0.2) is 0 Å². The second kappa shape index (κ2) is 5.83. The average Bonchev–Trinajstić information content (AvgIpc) is 2.30. The molecule has 0 amide bonds. The number of aliphatic hydroxyl groups excluding tert-OH is 1. The zero-order valence-corrected chi connectivity index (χ0v) is 11.4. The number of quaternary nitrogens is 1. The second-order valence-corrected chi connectivity index (χ2v) is 8.13. The highest BCUT2D eigenvalue weighted by Crippen LogP contribution is 2.50. The molecule has 0 aromatic rings. The van der Waals surface area contributed by atoms with Crippen LogP contribution >= 0.6 is 7.37 Å². The van der Waals surface area contributed by atoms with Gasteiger partial charge in [-0.2, -0.15) is 0 Å². The lowest BCUT2D eigenvalue weighted by atomic mass is 9.97. The molecule has 2 fully saturated rings. The predicted octanol–water partition coefficient (Wildman–Crippen LogP) is 0.587. The molecule has 4 nitrogen and oxygen atoms in total. The summed E-state index contributed by atoms with van der Waals surface area (Å²) in [6.07, 6.45) is 6.82. The van der Waals surface area contributed by atoms with E-state index in [-0.39, 0.29) is 5.66 Å². The highest BCUT2D eigenvalue weighted by Gasteiger charge is 2.41. The first-order valence-electron chi connectivity index (χ1n) is 6.93. The van der Waals surface area contributed by atoms with E-state index < -0.39 is 13.5 Å². The third kappa shape index (κ3) is 3.54. The zero-order chi connectivity index (χ0) is 12.3. The van der Waals surface area contributed by atoms with E-state index in [0.29, 0.717) is 12.7 Å². The van der Waals surface area contributed by atoms with Gasteiger partial charge >= 0.3 is 0 Å². The predicted molar refractivity (Wildman–Crippen MR) is 67.5 cm³/mol. The SMILES string of the molecule is O=P(O)(C[NH+]1CCCCC1)[C@H]1CCCC[C@@H]1O. The summed E-state index contributed by atoms with van der Waals surface area (Å²) in [6.45, 7) is 2.04. The minimum atomic E-state index is -3.18. The molecule has 0 aromatic heterocycles. The topological polar surface area (TPSA) is 62.0 Å². The van der Waals surface area contributed by atoms with Gasteiger partial charge in [-0.25, -0.2) is 0 Å². The molecule has 1 aliphatic heterocycles. The minimum absolute atomic E-state index is 0.356. The standard InChI is InChI=1S/C12H24NO3P/c14-11-6-2-3-7-12(11)17(15,16)10-13-8-4-1-5-9-13/h11-12,14H,1-10H2,(H,15,16)/p+1/t11-,12-/m0/s1. The van der Waals surface area contributed by atoms with Crippen LogP contribution in [0, 0.1) is 0 Å². The van der Waals surface area contributed by atoms with Gasteiger partial charge in [0.05, 0.1) is 24.9 Å². The molecule has 1 unspecified atom stereocenters. The van der Waals surface area contributed by atoms with E-state index >= 15 is 0 Å². The van der Waals surface area contributed by atoms with Crippen molar-refractivity contribution in [3.05, 3.63) is 0 Å². The number of nitrogens with one attached hydrogen (secondary N) is 1. The number of likely N-dealkylation sites (tertiary alicyclic amines) is 1. The molecule has 1 saturated carbocycles. The van der Waals surface area contributed by atoms with E-state index in [1.807, 2.05) is 0 Å². The monoisotopic (exact) mass is 262 g/mol. The summed E-state index contributed by atoms with van der Waals surface area (Å²) in [7, 11) is -3.18. The lowest BCUT2D eigenvalue weighted by Crippen LogP contribution is -3.12. The van der Waals surface area contributed by atoms with Gasteiger partial charge < -0.3 is 14.9 Å². The molecule has 100 valence electrons. The Bertz CT molecular complexity index is 291. The van der Waals surface area contributed by atoms with Crippen molar-refractivity contribution >= 4 is 7.37 Å². The summed E-state index contributed by atoms with van der Waals surface area (Å²) in [4.78, 5) is 11.5. The van der Waals surface area contributed by atoms with Crippen LogP contribution in [0.2, 0.25) is 0 Å². The van der Waals surface area contributed by atoms with Gasteiger partial charge in [0.15, 0.2) is 6.29 Å². The third-order valence-corrected chi connectivity index (χ3v) is 6.76. The molecule has 0 aromatic carbocycles. The molecule has 3 N–H and O–H groups in total. The van der Waals surface area contributed by atoms with Crippen LogP contribution in [0.4, 0.5) is 0 Å². The van der Waals surface area contributed by atoms with Gasteiger partial charge in [0.25, 0.3) is 7.37 Å². The largest absolute Gasteiger partial charge is 0.392 e. The van der Waals surface area contributed by atoms with E-state index in [4.69, 9.17) is 0 Å². The minimum Gasteiger partial charge on any atom is -0.392 e. The van der Waals surface area contributed by atoms with Crippen LogP contribution in [-0.4, -0.2) is 41.1 Å². The molecule has 17 heavy (non-hydrogen) atoms. The summed E-state index contributed by atoms with van der Waals surface area (Å²) in [5, 5.41) is 9.89. The number of rotatable bonds is 3. The van der Waals surface area contributed by atoms with Gasteiger partial charge in [-0.15, -0.1) is 0 Å². The summed E-state index contributed by atoms with van der Waals surface area (Å²) in [5.74, 6) is 0. The molecular formula is C12H25NO3P+. The molecule has 2 rings (SSSR count). The highest BCUT2D eigenvalue weighted by atomic mass is 31.2. The third-order valence-electron chi connectivity index (χ3n) is 4.22. The molecular weight excluding hydrogens is 237 g/mol. The first-order valence-corrected chi connectivity index (χ1v) is 8.84. The Balaban J connectivity index is 1.94. The van der Waals surface area contributed by atoms with Crippen molar-refractivity contribution in [1.82, 2.24) is 0 Å². The van der Waals surface area contributed by atoms with Gasteiger partial charge in [-0.3, -0.25) is 4.57 Å². The first kappa shape index (κ1) is 13.5. The van der Waals surface area contributed by atoms with Crippen LogP contribution in [0.25, 0.3) is 0 Å². The van der Waals surface area contributed by atoms with E-state index in [9.17, 15) is 14.6 Å². The Morgan fingerprint density at radius 3 is 2.35 bits per heavy atom. The summed E-state index contributed by atoms with van der Waals surface area (Å²) >= 11 is 0. The van der Waals surface area contributed by atoms with Crippen molar-refractivity contribution in [2.75, 3.05) is 19.4 Å².